The molecule has 2 heterocycles. The maximum Gasteiger partial charge on any atom is 0.148 e. The Balaban J connectivity index is 1.60. The number of allylic oxidation sites excluding steroid dienone is 2. The van der Waals surface area contributed by atoms with E-state index in [4.69, 9.17) is 0 Å². The number of hydrogen-bond donors (Lipinski definition) is 0. The van der Waals surface area contributed by atoms with E-state index in [1.807, 2.05) is 46.9 Å². The Morgan fingerprint density at radius 1 is 0.615 bits per heavy atom. The highest BCUT2D eigenvalue weighted by Gasteiger charge is 2.21. The maximum absolute atomic E-state index is 9.71. The fourth-order valence-electron chi connectivity index (χ4n) is 5.19. The summed E-state index contributed by atoms with van der Waals surface area (Å²) < 4.78 is 0. The molecule has 0 amide bonds. The highest BCUT2D eigenvalue weighted by Crippen LogP contribution is 2.46. The van der Waals surface area contributed by atoms with E-state index in [0.29, 0.717) is 5.56 Å². The number of anilines is 3. The van der Waals surface area contributed by atoms with Gasteiger partial charge >= 0.3 is 0 Å². The minimum Gasteiger partial charge on any atom is -0.293 e. The lowest BCUT2D eigenvalue weighted by molar-refractivity contribution is 1.34. The average Bonchev–Trinajstić information content (AvgIpc) is 3.44. The molecule has 0 bridgehead atoms. The Bertz CT molecular complexity index is 1940. The molecule has 6 heteroatoms. The van der Waals surface area contributed by atoms with E-state index in [1.165, 1.54) is 36.3 Å². The fourth-order valence-corrected chi connectivity index (χ4v) is 7.37. The normalized spacial score (nSPS) is 11.0. The molecular weight excluding hydrogens is 517 g/mol. The SMILES string of the molecule is Cc1cc(N(c2cc3ccc4cc(C(C#N)=C(C#N)C#N)cc5ccc(c2)c3c45)c2cc(C)c(C)s2)sc1C. The van der Waals surface area contributed by atoms with Crippen LogP contribution in [0.15, 0.2) is 66.2 Å². The van der Waals surface area contributed by atoms with Crippen molar-refractivity contribution in [2.24, 2.45) is 0 Å². The summed E-state index contributed by atoms with van der Waals surface area (Å²) >= 11 is 3.62. The van der Waals surface area contributed by atoms with E-state index >= 15 is 0 Å². The molecule has 4 nitrogen and oxygen atoms in total. The third-order valence-corrected chi connectivity index (χ3v) is 9.67. The van der Waals surface area contributed by atoms with Gasteiger partial charge in [0.2, 0.25) is 0 Å². The quantitative estimate of drug-likeness (QED) is 0.165. The number of aryl methyl sites for hydroxylation is 4. The van der Waals surface area contributed by atoms with Gasteiger partial charge in [0.1, 0.15) is 33.8 Å². The summed E-state index contributed by atoms with van der Waals surface area (Å²) in [5, 5.41) is 37.3. The molecule has 0 aliphatic heterocycles. The molecule has 0 unspecified atom stereocenters. The van der Waals surface area contributed by atoms with Crippen molar-refractivity contribution in [3.8, 4) is 18.2 Å². The Hall–Kier alpha value is -4.67. The maximum atomic E-state index is 9.71. The minimum absolute atomic E-state index is 0.103. The van der Waals surface area contributed by atoms with E-state index in [0.717, 1.165) is 32.6 Å². The number of thiophene rings is 2. The fraction of sp³-hybridized carbons (Fsp3) is 0.121. The molecule has 0 aliphatic rings. The van der Waals surface area contributed by atoms with Crippen molar-refractivity contribution in [3.63, 3.8) is 0 Å². The summed E-state index contributed by atoms with van der Waals surface area (Å²) in [5.41, 5.74) is 4.21. The molecule has 0 aliphatic carbocycles. The zero-order chi connectivity index (χ0) is 27.4. The Kier molecular flexibility index (Phi) is 5.86. The zero-order valence-electron chi connectivity index (χ0n) is 21.9. The van der Waals surface area contributed by atoms with Gasteiger partial charge in [-0.05, 0) is 113 Å². The molecule has 0 fully saturated rings. The predicted octanol–water partition coefficient (Wildman–Crippen LogP) is 9.73. The van der Waals surface area contributed by atoms with Crippen molar-refractivity contribution >= 4 is 76.3 Å². The number of rotatable bonds is 4. The molecule has 6 aromatic rings. The van der Waals surface area contributed by atoms with Gasteiger partial charge in [-0.1, -0.05) is 24.3 Å². The second-order valence-corrected chi connectivity index (χ2v) is 12.2. The van der Waals surface area contributed by atoms with Crippen LogP contribution in [0.2, 0.25) is 0 Å². The van der Waals surface area contributed by atoms with Gasteiger partial charge in [-0.15, -0.1) is 22.7 Å². The van der Waals surface area contributed by atoms with Crippen LogP contribution in [0, 0.1) is 61.7 Å². The van der Waals surface area contributed by atoms with Crippen molar-refractivity contribution in [2.75, 3.05) is 4.90 Å². The predicted molar refractivity (Wildman–Crippen MR) is 163 cm³/mol. The largest absolute Gasteiger partial charge is 0.293 e. The first-order valence-electron chi connectivity index (χ1n) is 12.4. The topological polar surface area (TPSA) is 74.6 Å². The molecular formula is C33H22N4S2. The highest BCUT2D eigenvalue weighted by molar-refractivity contribution is 7.18. The van der Waals surface area contributed by atoms with Gasteiger partial charge in [0.05, 0.1) is 5.57 Å². The van der Waals surface area contributed by atoms with Crippen molar-refractivity contribution in [1.29, 1.82) is 15.8 Å². The number of benzene rings is 4. The number of nitriles is 3. The third kappa shape index (κ3) is 3.92. The highest BCUT2D eigenvalue weighted by atomic mass is 32.1. The van der Waals surface area contributed by atoms with E-state index in [2.05, 4.69) is 87.2 Å². The van der Waals surface area contributed by atoms with Crippen LogP contribution in [0.4, 0.5) is 15.7 Å². The summed E-state index contributed by atoms with van der Waals surface area (Å²) in [6.45, 7) is 8.67. The van der Waals surface area contributed by atoms with Gasteiger partial charge in [0.25, 0.3) is 0 Å². The molecule has 39 heavy (non-hydrogen) atoms. The van der Waals surface area contributed by atoms with E-state index in [9.17, 15) is 15.8 Å². The van der Waals surface area contributed by atoms with E-state index in [1.54, 1.807) is 0 Å². The first kappa shape index (κ1) is 24.7. The average molecular weight is 539 g/mol. The Morgan fingerprint density at radius 3 is 1.41 bits per heavy atom. The standard InChI is InChI=1S/C33H22N4S2/c1-18-9-30(38-20(18)3)37(31-10-19(2)21(4)39-31)28-13-24-7-5-22-11-26(29(17-36)27(15-34)16-35)12-23-6-8-25(14-28)33(24)32(22)23/h5-14H,1-4H3. The van der Waals surface area contributed by atoms with Gasteiger partial charge in [0, 0.05) is 15.4 Å². The van der Waals surface area contributed by atoms with Crippen LogP contribution < -0.4 is 4.90 Å². The monoisotopic (exact) mass is 538 g/mol. The molecule has 4 aromatic carbocycles. The first-order chi connectivity index (χ1) is 18.8. The molecule has 0 radical (unpaired) electrons. The molecule has 0 atom stereocenters. The molecule has 0 N–H and O–H groups in total. The van der Waals surface area contributed by atoms with Crippen LogP contribution in [-0.4, -0.2) is 0 Å². The lowest BCUT2D eigenvalue weighted by Crippen LogP contribution is -2.07. The minimum atomic E-state index is -0.173. The molecule has 186 valence electrons. The van der Waals surface area contributed by atoms with Crippen molar-refractivity contribution in [3.05, 3.63) is 92.7 Å². The van der Waals surface area contributed by atoms with Crippen LogP contribution in [0.25, 0.3) is 37.9 Å². The lowest BCUT2D eigenvalue weighted by atomic mass is 9.90. The van der Waals surface area contributed by atoms with Crippen LogP contribution in [-0.2, 0) is 0 Å². The zero-order valence-corrected chi connectivity index (χ0v) is 23.5. The van der Waals surface area contributed by atoms with Crippen LogP contribution >= 0.6 is 22.7 Å². The summed E-state index contributed by atoms with van der Waals surface area (Å²) in [6.07, 6.45) is 0. The van der Waals surface area contributed by atoms with Crippen molar-refractivity contribution < 1.29 is 0 Å². The van der Waals surface area contributed by atoms with Gasteiger partial charge < -0.3 is 0 Å². The lowest BCUT2D eigenvalue weighted by Gasteiger charge is -2.23. The van der Waals surface area contributed by atoms with Crippen molar-refractivity contribution in [2.45, 2.75) is 27.7 Å². The van der Waals surface area contributed by atoms with Crippen LogP contribution in [0.3, 0.4) is 0 Å². The molecule has 2 aromatic heterocycles. The molecule has 0 saturated heterocycles. The second kappa shape index (κ2) is 9.26. The molecule has 6 rings (SSSR count). The first-order valence-corrected chi connectivity index (χ1v) is 14.1. The van der Waals surface area contributed by atoms with Gasteiger partial charge in [0.15, 0.2) is 0 Å². The van der Waals surface area contributed by atoms with Crippen molar-refractivity contribution in [1.82, 2.24) is 0 Å². The smallest absolute Gasteiger partial charge is 0.148 e. The van der Waals surface area contributed by atoms with Gasteiger partial charge in [-0.25, -0.2) is 0 Å². The summed E-state index contributed by atoms with van der Waals surface area (Å²) in [6, 6.07) is 27.0. The van der Waals surface area contributed by atoms with Crippen LogP contribution in [0.5, 0.6) is 0 Å². The van der Waals surface area contributed by atoms with E-state index in [-0.39, 0.29) is 11.1 Å². The van der Waals surface area contributed by atoms with Crippen LogP contribution in [0.1, 0.15) is 26.4 Å². The molecule has 0 saturated carbocycles. The summed E-state index contributed by atoms with van der Waals surface area (Å²) in [5.74, 6) is 0. The molecule has 0 spiro atoms. The van der Waals surface area contributed by atoms with Gasteiger partial charge in [-0.3, -0.25) is 4.90 Å². The summed E-state index contributed by atoms with van der Waals surface area (Å²) in [7, 11) is 0. The number of nitrogens with zero attached hydrogens (tertiary/aromatic N) is 4. The second-order valence-electron chi connectivity index (χ2n) is 9.76. The van der Waals surface area contributed by atoms with E-state index < -0.39 is 0 Å². The third-order valence-electron chi connectivity index (χ3n) is 7.40. The Morgan fingerprint density at radius 2 is 1.05 bits per heavy atom. The number of hydrogen-bond acceptors (Lipinski definition) is 6. The van der Waals surface area contributed by atoms with Gasteiger partial charge in [-0.2, -0.15) is 15.8 Å². The Labute approximate surface area is 234 Å². The summed E-state index contributed by atoms with van der Waals surface area (Å²) in [4.78, 5) is 5.00.